The van der Waals surface area contributed by atoms with Crippen LogP contribution in [0, 0.1) is 0 Å². The van der Waals surface area contributed by atoms with E-state index in [1.165, 1.54) is 12.3 Å². The highest BCUT2D eigenvalue weighted by atomic mass is 35.5. The van der Waals surface area contributed by atoms with Crippen molar-refractivity contribution < 1.29 is 9.53 Å². The number of carbonyl (C=O) groups excluding carboxylic acids is 1. The molecule has 0 radical (unpaired) electrons. The van der Waals surface area contributed by atoms with Crippen molar-refractivity contribution in [2.24, 2.45) is 0 Å². The molecule has 0 atom stereocenters. The molecule has 0 aliphatic heterocycles. The van der Waals surface area contributed by atoms with Crippen LogP contribution < -0.4 is 5.32 Å². The number of aldehydes is 1. The number of hydrogen-bond donors (Lipinski definition) is 1. The molecule has 0 saturated heterocycles. The molecule has 4 nitrogen and oxygen atoms in total. The zero-order valence-corrected chi connectivity index (χ0v) is 7.84. The third-order valence-electron chi connectivity index (χ3n) is 1.44. The maximum absolute atomic E-state index is 10.6. The van der Waals surface area contributed by atoms with Crippen molar-refractivity contribution in [2.75, 3.05) is 19.2 Å². The number of rotatable bonds is 4. The first-order chi connectivity index (χ1) is 6.27. The van der Waals surface area contributed by atoms with E-state index in [1.807, 2.05) is 0 Å². The molecule has 1 N–H and O–H groups in total. The second kappa shape index (κ2) is 4.79. The van der Waals surface area contributed by atoms with Crippen LogP contribution in [-0.2, 0) is 4.74 Å². The number of aromatic nitrogens is 1. The van der Waals surface area contributed by atoms with Gasteiger partial charge in [0.25, 0.3) is 0 Å². The summed E-state index contributed by atoms with van der Waals surface area (Å²) in [6.07, 6.45) is 2.20. The van der Waals surface area contributed by atoms with Crippen LogP contribution >= 0.6 is 11.6 Å². The summed E-state index contributed by atoms with van der Waals surface area (Å²) in [7, 11) is 1.55. The first-order valence-electron chi connectivity index (χ1n) is 3.61. The van der Waals surface area contributed by atoms with Crippen LogP contribution in [0.25, 0.3) is 0 Å². The lowest BCUT2D eigenvalue weighted by molar-refractivity contribution is 0.112. The van der Waals surface area contributed by atoms with Gasteiger partial charge in [-0.25, -0.2) is 4.98 Å². The largest absolute Gasteiger partial charge is 0.365 e. The minimum Gasteiger partial charge on any atom is -0.365 e. The zero-order chi connectivity index (χ0) is 9.68. The number of pyridine rings is 1. The molecule has 0 bridgehead atoms. The number of halogens is 1. The van der Waals surface area contributed by atoms with E-state index in [-0.39, 0.29) is 0 Å². The Morgan fingerprint density at radius 2 is 2.54 bits per heavy atom. The average Bonchev–Trinajstić information content (AvgIpc) is 2.16. The Balaban J connectivity index is 2.86. The molecule has 0 saturated carbocycles. The van der Waals surface area contributed by atoms with Crippen molar-refractivity contribution in [2.45, 2.75) is 0 Å². The summed E-state index contributed by atoms with van der Waals surface area (Å²) < 4.78 is 4.79. The third-order valence-corrected chi connectivity index (χ3v) is 1.64. The summed E-state index contributed by atoms with van der Waals surface area (Å²) in [6, 6.07) is 1.49. The summed E-state index contributed by atoms with van der Waals surface area (Å²) >= 11 is 5.60. The minimum absolute atomic E-state index is 0.296. The van der Waals surface area contributed by atoms with Gasteiger partial charge in [0.05, 0.1) is 11.9 Å². The van der Waals surface area contributed by atoms with Gasteiger partial charge in [-0.15, -0.1) is 0 Å². The molecule has 5 heteroatoms. The fraction of sp³-hybridized carbons (Fsp3) is 0.250. The molecule has 70 valence electrons. The van der Waals surface area contributed by atoms with E-state index in [1.54, 1.807) is 7.11 Å². The number of nitrogens with zero attached hydrogens (tertiary/aromatic N) is 1. The van der Waals surface area contributed by atoms with Gasteiger partial charge in [0.2, 0.25) is 0 Å². The molecule has 0 aliphatic carbocycles. The molecule has 0 aromatic carbocycles. The topological polar surface area (TPSA) is 51.2 Å². The minimum atomic E-state index is 0.296. The SMILES string of the molecule is COCNc1cnc(Cl)cc1C=O. The normalized spacial score (nSPS) is 9.69. The summed E-state index contributed by atoms with van der Waals surface area (Å²) in [5.41, 5.74) is 1.08. The van der Waals surface area contributed by atoms with Crippen molar-refractivity contribution in [3.63, 3.8) is 0 Å². The fourth-order valence-corrected chi connectivity index (χ4v) is 1.01. The smallest absolute Gasteiger partial charge is 0.152 e. The molecule has 0 fully saturated rings. The molecule has 13 heavy (non-hydrogen) atoms. The van der Waals surface area contributed by atoms with Gasteiger partial charge in [0.1, 0.15) is 11.9 Å². The van der Waals surface area contributed by atoms with Crippen molar-refractivity contribution in [3.8, 4) is 0 Å². The van der Waals surface area contributed by atoms with Crippen molar-refractivity contribution in [1.29, 1.82) is 0 Å². The molecule has 0 unspecified atom stereocenters. The van der Waals surface area contributed by atoms with Gasteiger partial charge in [0.15, 0.2) is 6.29 Å². The van der Waals surface area contributed by atoms with Crippen molar-refractivity contribution in [1.82, 2.24) is 4.98 Å². The second-order valence-corrected chi connectivity index (χ2v) is 2.71. The monoisotopic (exact) mass is 200 g/mol. The quantitative estimate of drug-likeness (QED) is 0.455. The van der Waals surface area contributed by atoms with Gasteiger partial charge < -0.3 is 10.1 Å². The van der Waals surface area contributed by atoms with Gasteiger partial charge in [0, 0.05) is 12.7 Å². The Morgan fingerprint density at radius 1 is 1.77 bits per heavy atom. The van der Waals surface area contributed by atoms with Crippen LogP contribution in [0.5, 0.6) is 0 Å². The Kier molecular flexibility index (Phi) is 3.67. The highest BCUT2D eigenvalue weighted by Crippen LogP contribution is 2.15. The van der Waals surface area contributed by atoms with Crippen LogP contribution in [0.3, 0.4) is 0 Å². The van der Waals surface area contributed by atoms with Crippen LogP contribution in [0.4, 0.5) is 5.69 Å². The highest BCUT2D eigenvalue weighted by molar-refractivity contribution is 6.29. The Morgan fingerprint density at radius 3 is 3.15 bits per heavy atom. The summed E-state index contributed by atoms with van der Waals surface area (Å²) in [6.45, 7) is 0.324. The Hall–Kier alpha value is -1.13. The van der Waals surface area contributed by atoms with Crippen LogP contribution in [0.15, 0.2) is 12.3 Å². The second-order valence-electron chi connectivity index (χ2n) is 2.32. The molecule has 0 spiro atoms. The lowest BCUT2D eigenvalue weighted by Crippen LogP contribution is -2.05. The maximum atomic E-state index is 10.6. The van der Waals surface area contributed by atoms with Crippen molar-refractivity contribution in [3.05, 3.63) is 23.0 Å². The molecular formula is C8H9ClN2O2. The van der Waals surface area contributed by atoms with E-state index in [4.69, 9.17) is 16.3 Å². The van der Waals surface area contributed by atoms with Gasteiger partial charge in [-0.05, 0) is 6.07 Å². The van der Waals surface area contributed by atoms with Gasteiger partial charge in [-0.1, -0.05) is 11.6 Å². The number of anilines is 1. The average molecular weight is 201 g/mol. The molecule has 0 amide bonds. The predicted octanol–water partition coefficient (Wildman–Crippen LogP) is 1.56. The van der Waals surface area contributed by atoms with Crippen molar-refractivity contribution >= 4 is 23.6 Å². The lowest BCUT2D eigenvalue weighted by Gasteiger charge is -2.06. The van der Waals surface area contributed by atoms with Crippen LogP contribution in [0.1, 0.15) is 10.4 Å². The number of ether oxygens (including phenoxy) is 1. The highest BCUT2D eigenvalue weighted by Gasteiger charge is 2.01. The number of hydrogen-bond acceptors (Lipinski definition) is 4. The lowest BCUT2D eigenvalue weighted by atomic mass is 10.2. The summed E-state index contributed by atoms with van der Waals surface area (Å²) in [4.78, 5) is 14.4. The number of methoxy groups -OCH3 is 1. The first kappa shape index (κ1) is 9.95. The van der Waals surface area contributed by atoms with E-state index < -0.39 is 0 Å². The molecule has 1 rings (SSSR count). The molecule has 0 aliphatic rings. The molecule has 1 heterocycles. The predicted molar refractivity (Wildman–Crippen MR) is 50.1 cm³/mol. The first-order valence-corrected chi connectivity index (χ1v) is 3.99. The standard InChI is InChI=1S/C8H9ClN2O2/c1-13-5-11-7-3-10-8(9)2-6(7)4-12/h2-4,11H,5H2,1H3. The van der Waals surface area contributed by atoms with Crippen LogP contribution in [0.2, 0.25) is 5.15 Å². The van der Waals surface area contributed by atoms with E-state index in [0.29, 0.717) is 29.4 Å². The van der Waals surface area contributed by atoms with E-state index in [0.717, 1.165) is 0 Å². The van der Waals surface area contributed by atoms with E-state index >= 15 is 0 Å². The number of carbonyl (C=O) groups is 1. The van der Waals surface area contributed by atoms with Gasteiger partial charge in [-0.2, -0.15) is 0 Å². The Labute approximate surface area is 80.9 Å². The van der Waals surface area contributed by atoms with Gasteiger partial charge in [-0.3, -0.25) is 4.79 Å². The zero-order valence-electron chi connectivity index (χ0n) is 7.08. The summed E-state index contributed by atoms with van der Waals surface area (Å²) in [5, 5.41) is 3.16. The maximum Gasteiger partial charge on any atom is 0.152 e. The molecular weight excluding hydrogens is 192 g/mol. The van der Waals surface area contributed by atoms with Gasteiger partial charge >= 0.3 is 0 Å². The molecule has 1 aromatic heterocycles. The van der Waals surface area contributed by atoms with E-state index in [9.17, 15) is 4.79 Å². The fourth-order valence-electron chi connectivity index (χ4n) is 0.839. The summed E-state index contributed by atoms with van der Waals surface area (Å²) in [5.74, 6) is 0. The third kappa shape index (κ3) is 2.68. The van der Waals surface area contributed by atoms with E-state index in [2.05, 4.69) is 10.3 Å². The Bertz CT molecular complexity index is 304. The number of nitrogens with one attached hydrogen (secondary N) is 1. The molecule has 1 aromatic rings. The van der Waals surface area contributed by atoms with Crippen LogP contribution in [-0.4, -0.2) is 25.1 Å².